The van der Waals surface area contributed by atoms with E-state index in [4.69, 9.17) is 14.2 Å². The van der Waals surface area contributed by atoms with Gasteiger partial charge in [-0.1, -0.05) is 0 Å². The van der Waals surface area contributed by atoms with E-state index in [1.165, 1.54) is 6.92 Å². The molecule has 0 N–H and O–H groups in total. The summed E-state index contributed by atoms with van der Waals surface area (Å²) in [7, 11) is 0. The lowest BCUT2D eigenvalue weighted by Crippen LogP contribution is -2.14. The molecule has 4 heteroatoms. The summed E-state index contributed by atoms with van der Waals surface area (Å²) in [6.07, 6.45) is 3.09. The molecule has 0 spiro atoms. The van der Waals surface area contributed by atoms with Crippen LogP contribution in [0.25, 0.3) is 0 Å². The van der Waals surface area contributed by atoms with E-state index in [-0.39, 0.29) is 18.9 Å². The summed E-state index contributed by atoms with van der Waals surface area (Å²) in [6.45, 7) is 6.59. The normalized spacial score (nSPS) is 11.1. The van der Waals surface area contributed by atoms with E-state index in [0.717, 1.165) is 0 Å². The number of carbonyl (C=O) groups excluding carboxylic acids is 1. The van der Waals surface area contributed by atoms with Crippen molar-refractivity contribution in [3.05, 3.63) is 12.2 Å². The predicted octanol–water partition coefficient (Wildman–Crippen LogP) is 1.50. The Labute approximate surface area is 84.8 Å². The Morgan fingerprint density at radius 2 is 1.86 bits per heavy atom. The van der Waals surface area contributed by atoms with Crippen LogP contribution in [0.15, 0.2) is 12.2 Å². The van der Waals surface area contributed by atoms with Gasteiger partial charge in [-0.05, 0) is 26.0 Å². The molecule has 14 heavy (non-hydrogen) atoms. The number of carbonyl (C=O) groups is 1. The van der Waals surface area contributed by atoms with E-state index in [1.54, 1.807) is 12.2 Å². The van der Waals surface area contributed by atoms with Gasteiger partial charge in [-0.3, -0.25) is 4.79 Å². The van der Waals surface area contributed by atoms with Crippen molar-refractivity contribution in [3.63, 3.8) is 0 Å². The van der Waals surface area contributed by atoms with E-state index in [1.807, 2.05) is 13.8 Å². The molecule has 0 unspecified atom stereocenters. The minimum atomic E-state index is -0.347. The van der Waals surface area contributed by atoms with Gasteiger partial charge >= 0.3 is 5.97 Å². The summed E-state index contributed by atoms with van der Waals surface area (Å²) in [6, 6.07) is 0. The molecule has 0 rings (SSSR count). The molecular formula is C10H18O4. The number of hydrogen-bond acceptors (Lipinski definition) is 4. The Bertz CT molecular complexity index is 171. The summed E-state index contributed by atoms with van der Waals surface area (Å²) in [5.74, 6) is -0.293. The molecule has 0 aliphatic heterocycles. The molecule has 0 aliphatic rings. The molecule has 0 saturated heterocycles. The van der Waals surface area contributed by atoms with Crippen LogP contribution in [0, 0.1) is 0 Å². The first-order valence-electron chi connectivity index (χ1n) is 4.73. The van der Waals surface area contributed by atoms with Crippen LogP contribution in [0.3, 0.4) is 0 Å². The SMILES string of the molecule is CCOC(/C=C/COC(C)=O)OCC. The van der Waals surface area contributed by atoms with Gasteiger partial charge in [-0.25, -0.2) is 0 Å². The van der Waals surface area contributed by atoms with Crippen molar-refractivity contribution in [2.45, 2.75) is 27.1 Å². The Morgan fingerprint density at radius 1 is 1.29 bits per heavy atom. The quantitative estimate of drug-likeness (QED) is 0.356. The topological polar surface area (TPSA) is 44.8 Å². The van der Waals surface area contributed by atoms with Gasteiger partial charge in [-0.15, -0.1) is 0 Å². The van der Waals surface area contributed by atoms with Crippen molar-refractivity contribution in [2.24, 2.45) is 0 Å². The van der Waals surface area contributed by atoms with Crippen molar-refractivity contribution in [3.8, 4) is 0 Å². The fourth-order valence-electron chi connectivity index (χ4n) is 0.820. The van der Waals surface area contributed by atoms with Gasteiger partial charge in [0.2, 0.25) is 0 Å². The molecular weight excluding hydrogens is 184 g/mol. The first kappa shape index (κ1) is 13.1. The van der Waals surface area contributed by atoms with Crippen LogP contribution in [0.1, 0.15) is 20.8 Å². The van der Waals surface area contributed by atoms with Crippen LogP contribution in [-0.2, 0) is 19.0 Å². The lowest BCUT2D eigenvalue weighted by Gasteiger charge is -2.12. The van der Waals surface area contributed by atoms with Gasteiger partial charge in [-0.2, -0.15) is 0 Å². The Hall–Kier alpha value is -0.870. The molecule has 4 nitrogen and oxygen atoms in total. The zero-order valence-corrected chi connectivity index (χ0v) is 8.99. The summed E-state index contributed by atoms with van der Waals surface area (Å²) < 4.78 is 15.2. The molecule has 0 radical (unpaired) electrons. The van der Waals surface area contributed by atoms with Gasteiger partial charge in [0.15, 0.2) is 6.29 Å². The number of ether oxygens (including phenoxy) is 3. The van der Waals surface area contributed by atoms with Crippen LogP contribution in [-0.4, -0.2) is 32.1 Å². The maximum Gasteiger partial charge on any atom is 0.302 e. The zero-order valence-electron chi connectivity index (χ0n) is 8.99. The predicted molar refractivity (Wildman–Crippen MR) is 52.8 cm³/mol. The second-order valence-corrected chi connectivity index (χ2v) is 2.51. The first-order chi connectivity index (χ1) is 6.70. The lowest BCUT2D eigenvalue weighted by atomic mass is 10.5. The van der Waals surface area contributed by atoms with Crippen LogP contribution >= 0.6 is 0 Å². The van der Waals surface area contributed by atoms with Crippen molar-refractivity contribution in [1.82, 2.24) is 0 Å². The monoisotopic (exact) mass is 202 g/mol. The molecule has 0 aromatic rings. The van der Waals surface area contributed by atoms with Gasteiger partial charge in [0.25, 0.3) is 0 Å². The molecule has 82 valence electrons. The maximum atomic E-state index is 10.4. The van der Waals surface area contributed by atoms with Crippen molar-refractivity contribution in [1.29, 1.82) is 0 Å². The molecule has 0 saturated carbocycles. The third kappa shape index (κ3) is 7.76. The molecule has 0 amide bonds. The Balaban J connectivity index is 3.71. The number of esters is 1. The largest absolute Gasteiger partial charge is 0.462 e. The zero-order chi connectivity index (χ0) is 10.8. The highest BCUT2D eigenvalue weighted by Crippen LogP contribution is 1.97. The molecule has 0 bridgehead atoms. The third-order valence-corrected chi connectivity index (χ3v) is 1.34. The van der Waals surface area contributed by atoms with Gasteiger partial charge in [0.05, 0.1) is 0 Å². The van der Waals surface area contributed by atoms with E-state index >= 15 is 0 Å². The first-order valence-corrected chi connectivity index (χ1v) is 4.73. The number of rotatable bonds is 7. The molecule has 0 fully saturated rings. The molecule has 0 aromatic carbocycles. The van der Waals surface area contributed by atoms with Crippen molar-refractivity contribution >= 4 is 5.97 Å². The molecule has 0 aromatic heterocycles. The second kappa shape index (κ2) is 8.72. The van der Waals surface area contributed by atoms with Gasteiger partial charge in [0, 0.05) is 20.1 Å². The van der Waals surface area contributed by atoms with Crippen molar-refractivity contribution < 1.29 is 19.0 Å². The highest BCUT2D eigenvalue weighted by atomic mass is 16.7. The fourth-order valence-corrected chi connectivity index (χ4v) is 0.820. The van der Waals surface area contributed by atoms with Crippen molar-refractivity contribution in [2.75, 3.05) is 19.8 Å². The van der Waals surface area contributed by atoms with Gasteiger partial charge in [0.1, 0.15) is 6.61 Å². The smallest absolute Gasteiger partial charge is 0.302 e. The summed E-state index contributed by atoms with van der Waals surface area (Å²) >= 11 is 0. The molecule has 0 aliphatic carbocycles. The third-order valence-electron chi connectivity index (χ3n) is 1.34. The average Bonchev–Trinajstić information content (AvgIpc) is 2.12. The Kier molecular flexibility index (Phi) is 8.17. The maximum absolute atomic E-state index is 10.4. The highest BCUT2D eigenvalue weighted by Gasteiger charge is 2.01. The van der Waals surface area contributed by atoms with Crippen LogP contribution in [0.4, 0.5) is 0 Å². The minimum Gasteiger partial charge on any atom is -0.462 e. The number of hydrogen-bond donors (Lipinski definition) is 0. The Morgan fingerprint density at radius 3 is 2.29 bits per heavy atom. The molecule has 0 atom stereocenters. The van der Waals surface area contributed by atoms with Crippen LogP contribution < -0.4 is 0 Å². The average molecular weight is 202 g/mol. The van der Waals surface area contributed by atoms with Crippen LogP contribution in [0.5, 0.6) is 0 Å². The lowest BCUT2D eigenvalue weighted by molar-refractivity contribution is -0.139. The summed E-state index contributed by atoms with van der Waals surface area (Å²) in [5.41, 5.74) is 0. The summed E-state index contributed by atoms with van der Waals surface area (Å²) in [4.78, 5) is 10.4. The standard InChI is InChI=1S/C10H18O4/c1-4-12-10(13-5-2)7-6-8-14-9(3)11/h6-7,10H,4-5,8H2,1-3H3/b7-6+. The van der Waals surface area contributed by atoms with Crippen LogP contribution in [0.2, 0.25) is 0 Å². The molecule has 0 heterocycles. The second-order valence-electron chi connectivity index (χ2n) is 2.51. The minimum absolute atomic E-state index is 0.256. The van der Waals surface area contributed by atoms with E-state index < -0.39 is 0 Å². The van der Waals surface area contributed by atoms with E-state index in [2.05, 4.69) is 0 Å². The fraction of sp³-hybridized carbons (Fsp3) is 0.700. The highest BCUT2D eigenvalue weighted by molar-refractivity contribution is 5.65. The van der Waals surface area contributed by atoms with E-state index in [0.29, 0.717) is 13.2 Å². The van der Waals surface area contributed by atoms with E-state index in [9.17, 15) is 4.79 Å². The van der Waals surface area contributed by atoms with Gasteiger partial charge < -0.3 is 14.2 Å². The summed E-state index contributed by atoms with van der Waals surface area (Å²) in [5, 5.41) is 0.